The summed E-state index contributed by atoms with van der Waals surface area (Å²) in [7, 11) is 0. The molecular formula is C15H11N4O3+. The third-order valence-corrected chi connectivity index (χ3v) is 3.42. The Labute approximate surface area is 124 Å². The Hall–Kier alpha value is -3.22. The van der Waals surface area contributed by atoms with E-state index in [1.807, 2.05) is 24.3 Å². The first kappa shape index (κ1) is 12.5. The molecule has 2 aromatic heterocycles. The molecule has 108 valence electrons. The minimum Gasteiger partial charge on any atom is -0.384 e. The molecule has 1 aliphatic heterocycles. The molecular weight excluding hydrogens is 284 g/mol. The third kappa shape index (κ3) is 1.91. The molecule has 1 saturated heterocycles. The maximum Gasteiger partial charge on any atom is 0.509 e. The average molecular weight is 295 g/mol. The second-order valence-corrected chi connectivity index (χ2v) is 4.82. The highest BCUT2D eigenvalue weighted by molar-refractivity contribution is 6.19. The maximum atomic E-state index is 11.7. The van der Waals surface area contributed by atoms with Crippen LogP contribution >= 0.6 is 0 Å². The summed E-state index contributed by atoms with van der Waals surface area (Å²) in [6.07, 6.45) is 3.39. The number of amides is 3. The molecule has 1 fully saturated rings. The zero-order chi connectivity index (χ0) is 15.1. The first-order valence-corrected chi connectivity index (χ1v) is 6.70. The number of hydrogen-bond donors (Lipinski definition) is 1. The number of fused-ring (bicyclic) bond motifs is 1. The van der Waals surface area contributed by atoms with Crippen LogP contribution in [0.1, 0.15) is 0 Å². The van der Waals surface area contributed by atoms with Gasteiger partial charge in [-0.1, -0.05) is 12.1 Å². The van der Waals surface area contributed by atoms with Crippen LogP contribution in [0.5, 0.6) is 0 Å². The predicted molar refractivity (Wildman–Crippen MR) is 76.4 cm³/mol. The summed E-state index contributed by atoms with van der Waals surface area (Å²) in [5.74, 6) is -0.274. The third-order valence-electron chi connectivity index (χ3n) is 3.42. The first-order valence-electron chi connectivity index (χ1n) is 6.70. The van der Waals surface area contributed by atoms with Gasteiger partial charge < -0.3 is 9.73 Å². The minimum absolute atomic E-state index is 0.0266. The fourth-order valence-corrected chi connectivity index (χ4v) is 2.35. The van der Waals surface area contributed by atoms with E-state index < -0.39 is 6.03 Å². The van der Waals surface area contributed by atoms with Crippen molar-refractivity contribution in [2.24, 2.45) is 0 Å². The van der Waals surface area contributed by atoms with Gasteiger partial charge in [-0.15, -0.1) is 0 Å². The van der Waals surface area contributed by atoms with E-state index in [4.69, 9.17) is 4.42 Å². The summed E-state index contributed by atoms with van der Waals surface area (Å²) in [4.78, 5) is 28.8. The number of pyridine rings is 1. The molecule has 0 unspecified atom stereocenters. The summed E-state index contributed by atoms with van der Waals surface area (Å²) in [6, 6.07) is 10.8. The summed E-state index contributed by atoms with van der Waals surface area (Å²) in [5, 5.41) is 2.48. The molecule has 3 aromatic rings. The van der Waals surface area contributed by atoms with E-state index in [2.05, 4.69) is 10.3 Å². The van der Waals surface area contributed by atoms with Gasteiger partial charge in [-0.3, -0.25) is 4.79 Å². The van der Waals surface area contributed by atoms with E-state index in [0.717, 1.165) is 10.4 Å². The summed E-state index contributed by atoms with van der Waals surface area (Å²) in [5.41, 5.74) is 1.97. The van der Waals surface area contributed by atoms with Gasteiger partial charge in [0.2, 0.25) is 5.52 Å². The van der Waals surface area contributed by atoms with Crippen molar-refractivity contribution >= 4 is 28.7 Å². The molecule has 1 aromatic carbocycles. The Morgan fingerprint density at radius 2 is 1.91 bits per heavy atom. The number of nitrogens with one attached hydrogen (secondary N) is 1. The fraction of sp³-hybridized carbons (Fsp3) is 0.0667. The van der Waals surface area contributed by atoms with E-state index in [0.29, 0.717) is 17.3 Å². The van der Waals surface area contributed by atoms with Gasteiger partial charge in [0, 0.05) is 17.1 Å². The summed E-state index contributed by atoms with van der Waals surface area (Å²) in [6.45, 7) is 0.0266. The van der Waals surface area contributed by atoms with E-state index in [-0.39, 0.29) is 12.5 Å². The molecule has 0 spiro atoms. The van der Waals surface area contributed by atoms with Crippen LogP contribution in [0.3, 0.4) is 0 Å². The summed E-state index contributed by atoms with van der Waals surface area (Å²) < 4.78 is 7.34. The number of aromatic nitrogens is 2. The van der Waals surface area contributed by atoms with Crippen LogP contribution in [-0.2, 0) is 4.79 Å². The zero-order valence-corrected chi connectivity index (χ0v) is 11.4. The molecule has 7 heteroatoms. The van der Waals surface area contributed by atoms with Crippen molar-refractivity contribution in [3.63, 3.8) is 0 Å². The number of urea groups is 1. The van der Waals surface area contributed by atoms with Gasteiger partial charge in [0.05, 0.1) is 12.2 Å². The highest BCUT2D eigenvalue weighted by atomic mass is 16.4. The highest BCUT2D eigenvalue weighted by Gasteiger charge is 2.30. The minimum atomic E-state index is -0.412. The van der Waals surface area contributed by atoms with Crippen molar-refractivity contribution in [1.29, 1.82) is 0 Å². The Morgan fingerprint density at radius 3 is 2.59 bits per heavy atom. The number of oxazole rings is 1. The second-order valence-electron chi connectivity index (χ2n) is 4.82. The van der Waals surface area contributed by atoms with Crippen molar-refractivity contribution in [2.45, 2.75) is 0 Å². The normalized spacial score (nSPS) is 14.6. The number of imide groups is 1. The number of carbonyl (C=O) groups is 2. The van der Waals surface area contributed by atoms with E-state index in [9.17, 15) is 9.59 Å². The number of hydrogen-bond acceptors (Lipinski definition) is 4. The van der Waals surface area contributed by atoms with Gasteiger partial charge in [-0.2, -0.15) is 4.57 Å². The topological polar surface area (TPSA) is 79.3 Å². The largest absolute Gasteiger partial charge is 0.509 e. The van der Waals surface area contributed by atoms with Gasteiger partial charge in [0.15, 0.2) is 5.58 Å². The van der Waals surface area contributed by atoms with Crippen LogP contribution < -0.4 is 14.8 Å². The molecule has 4 rings (SSSR count). The monoisotopic (exact) mass is 295 g/mol. The molecule has 3 heterocycles. The summed E-state index contributed by atoms with van der Waals surface area (Å²) >= 11 is 0. The molecule has 7 nitrogen and oxygen atoms in total. The molecule has 0 bridgehead atoms. The second kappa shape index (κ2) is 4.66. The van der Waals surface area contributed by atoms with Crippen LogP contribution in [0, 0.1) is 0 Å². The van der Waals surface area contributed by atoms with Crippen LogP contribution in [0.2, 0.25) is 0 Å². The first-order chi connectivity index (χ1) is 10.7. The van der Waals surface area contributed by atoms with Gasteiger partial charge in [0.1, 0.15) is 12.4 Å². The van der Waals surface area contributed by atoms with Crippen LogP contribution in [-0.4, -0.2) is 23.5 Å². The SMILES string of the molecule is O=C1CNC(=O)N1c1cc[n+](-c2nc3ccccc3o2)cc1. The Balaban J connectivity index is 1.69. The van der Waals surface area contributed by atoms with E-state index in [1.165, 1.54) is 0 Å². The lowest BCUT2D eigenvalue weighted by Gasteiger charge is -2.11. The number of para-hydroxylation sites is 2. The van der Waals surface area contributed by atoms with E-state index >= 15 is 0 Å². The Kier molecular flexibility index (Phi) is 2.65. The molecule has 3 amide bonds. The fourth-order valence-electron chi connectivity index (χ4n) is 2.35. The number of nitrogens with zero attached hydrogens (tertiary/aromatic N) is 3. The smallest absolute Gasteiger partial charge is 0.384 e. The van der Waals surface area contributed by atoms with Crippen LogP contribution in [0.15, 0.2) is 53.2 Å². The van der Waals surface area contributed by atoms with Gasteiger partial charge in [0.25, 0.3) is 5.91 Å². The number of benzene rings is 1. The lowest BCUT2D eigenvalue weighted by molar-refractivity contribution is -0.612. The van der Waals surface area contributed by atoms with Crippen molar-refractivity contribution in [2.75, 3.05) is 11.4 Å². The highest BCUT2D eigenvalue weighted by Crippen LogP contribution is 2.17. The van der Waals surface area contributed by atoms with Crippen molar-refractivity contribution in [1.82, 2.24) is 10.3 Å². The van der Waals surface area contributed by atoms with Gasteiger partial charge in [-0.25, -0.2) is 9.69 Å². The van der Waals surface area contributed by atoms with Crippen molar-refractivity contribution in [3.8, 4) is 6.01 Å². The number of carbonyl (C=O) groups excluding carboxylic acids is 2. The molecule has 0 radical (unpaired) electrons. The standard InChI is InChI=1S/C15H10N4O3/c20-13-9-16-14(21)19(13)10-5-7-18(8-6-10)15-17-11-3-1-2-4-12(11)22-15/h1-8H,9H2/p+1. The van der Waals surface area contributed by atoms with Crippen LogP contribution in [0.25, 0.3) is 17.1 Å². The van der Waals surface area contributed by atoms with Crippen molar-refractivity contribution < 1.29 is 18.6 Å². The predicted octanol–water partition coefficient (Wildman–Crippen LogP) is 1.16. The van der Waals surface area contributed by atoms with Gasteiger partial charge >= 0.3 is 12.0 Å². The van der Waals surface area contributed by atoms with E-state index in [1.54, 1.807) is 29.1 Å². The van der Waals surface area contributed by atoms with Crippen LogP contribution in [0.4, 0.5) is 10.5 Å². The Morgan fingerprint density at radius 1 is 1.14 bits per heavy atom. The van der Waals surface area contributed by atoms with Gasteiger partial charge in [-0.05, 0) is 12.1 Å². The number of anilines is 1. The zero-order valence-electron chi connectivity index (χ0n) is 11.4. The molecule has 22 heavy (non-hydrogen) atoms. The maximum absolute atomic E-state index is 11.7. The van der Waals surface area contributed by atoms with Crippen molar-refractivity contribution in [3.05, 3.63) is 48.8 Å². The molecule has 0 aliphatic carbocycles. The number of rotatable bonds is 2. The Bertz CT molecular complexity index is 836. The molecule has 1 N–H and O–H groups in total. The molecule has 0 saturated carbocycles. The lowest BCUT2D eigenvalue weighted by Crippen LogP contribution is -2.33. The molecule has 0 atom stereocenters. The quantitative estimate of drug-likeness (QED) is 0.568. The average Bonchev–Trinajstić information content (AvgIpc) is 3.11. The molecule has 1 aliphatic rings. The lowest BCUT2D eigenvalue weighted by atomic mass is 10.3.